The topological polar surface area (TPSA) is 13.1 Å². The van der Waals surface area contributed by atoms with E-state index in [1.54, 1.807) is 0 Å². The van der Waals surface area contributed by atoms with Crippen molar-refractivity contribution in [3.8, 4) is 0 Å². The quantitative estimate of drug-likeness (QED) is 0.505. The zero-order chi connectivity index (χ0) is 13.0. The van der Waals surface area contributed by atoms with Crippen LogP contribution in [0.1, 0.15) is 30.4 Å². The fourth-order valence-corrected chi connectivity index (χ4v) is 3.18. The second-order valence-electron chi connectivity index (χ2n) is 5.23. The molecule has 0 saturated heterocycles. The molecular weight excluding hydrogens is 256 g/mol. The Balaban J connectivity index is 2.17. The molecule has 1 aromatic heterocycles. The van der Waals surface area contributed by atoms with Gasteiger partial charge in [-0.15, -0.1) is 0 Å². The number of benzene rings is 2. The lowest BCUT2D eigenvalue weighted by atomic mass is 9.87. The minimum absolute atomic E-state index is 0.500. The summed E-state index contributed by atoms with van der Waals surface area (Å²) < 4.78 is 6.08. The van der Waals surface area contributed by atoms with Crippen molar-refractivity contribution in [2.75, 3.05) is 0 Å². The van der Waals surface area contributed by atoms with E-state index >= 15 is 0 Å². The van der Waals surface area contributed by atoms with Gasteiger partial charge in [0.2, 0.25) is 0 Å². The van der Waals surface area contributed by atoms with Crippen LogP contribution >= 0.6 is 11.6 Å². The third-order valence-electron chi connectivity index (χ3n) is 3.96. The molecule has 1 atom stereocenters. The predicted molar refractivity (Wildman–Crippen MR) is 80.8 cm³/mol. The Bertz CT molecular complexity index is 826. The number of rotatable bonds is 0. The first-order chi connectivity index (χ1) is 9.24. The largest absolute Gasteiger partial charge is 0.456 e. The van der Waals surface area contributed by atoms with Gasteiger partial charge in [0, 0.05) is 27.4 Å². The van der Waals surface area contributed by atoms with Crippen LogP contribution in [0.3, 0.4) is 0 Å². The van der Waals surface area contributed by atoms with Crippen molar-refractivity contribution in [3.05, 3.63) is 52.6 Å². The van der Waals surface area contributed by atoms with Gasteiger partial charge in [-0.05, 0) is 36.1 Å². The first-order valence-electron chi connectivity index (χ1n) is 6.55. The van der Waals surface area contributed by atoms with Crippen molar-refractivity contribution in [3.63, 3.8) is 0 Å². The van der Waals surface area contributed by atoms with Crippen LogP contribution in [-0.4, -0.2) is 0 Å². The molecule has 2 aromatic carbocycles. The molecule has 4 rings (SSSR count). The SMILES string of the molecule is CC1CC=Cc2ccc3c(oc4cc(Cl)ccc43)c21. The van der Waals surface area contributed by atoms with Crippen molar-refractivity contribution >= 4 is 39.6 Å². The molecule has 2 heteroatoms. The first kappa shape index (κ1) is 11.1. The van der Waals surface area contributed by atoms with E-state index in [0.29, 0.717) is 10.9 Å². The van der Waals surface area contributed by atoms with Gasteiger partial charge in [-0.3, -0.25) is 0 Å². The second-order valence-corrected chi connectivity index (χ2v) is 5.66. The Morgan fingerprint density at radius 3 is 2.89 bits per heavy atom. The molecule has 0 bridgehead atoms. The molecule has 0 N–H and O–H groups in total. The molecule has 0 radical (unpaired) electrons. The highest BCUT2D eigenvalue weighted by Gasteiger charge is 2.19. The summed E-state index contributed by atoms with van der Waals surface area (Å²) in [5.41, 5.74) is 4.49. The molecule has 3 aromatic rings. The minimum atomic E-state index is 0.500. The van der Waals surface area contributed by atoms with E-state index < -0.39 is 0 Å². The van der Waals surface area contributed by atoms with Crippen LogP contribution in [0.15, 0.2) is 40.8 Å². The highest BCUT2D eigenvalue weighted by atomic mass is 35.5. The van der Waals surface area contributed by atoms with Gasteiger partial charge in [0.25, 0.3) is 0 Å². The lowest BCUT2D eigenvalue weighted by Gasteiger charge is -2.17. The van der Waals surface area contributed by atoms with E-state index in [0.717, 1.165) is 23.0 Å². The molecule has 19 heavy (non-hydrogen) atoms. The Morgan fingerprint density at radius 2 is 2.00 bits per heavy atom. The lowest BCUT2D eigenvalue weighted by Crippen LogP contribution is -1.99. The molecule has 0 saturated carbocycles. The van der Waals surface area contributed by atoms with E-state index in [1.807, 2.05) is 18.2 Å². The number of halogens is 1. The molecule has 0 fully saturated rings. The summed E-state index contributed by atoms with van der Waals surface area (Å²) in [6, 6.07) is 10.2. The van der Waals surface area contributed by atoms with Gasteiger partial charge in [0.15, 0.2) is 0 Å². The summed E-state index contributed by atoms with van der Waals surface area (Å²) >= 11 is 6.05. The van der Waals surface area contributed by atoms with Crippen LogP contribution in [-0.2, 0) is 0 Å². The van der Waals surface area contributed by atoms with Gasteiger partial charge in [-0.1, -0.05) is 36.7 Å². The van der Waals surface area contributed by atoms with E-state index in [-0.39, 0.29) is 0 Å². The van der Waals surface area contributed by atoms with E-state index in [4.69, 9.17) is 16.0 Å². The van der Waals surface area contributed by atoms with E-state index in [1.165, 1.54) is 16.5 Å². The smallest absolute Gasteiger partial charge is 0.139 e. The summed E-state index contributed by atoms with van der Waals surface area (Å²) in [4.78, 5) is 0. The summed E-state index contributed by atoms with van der Waals surface area (Å²) in [5, 5.41) is 3.05. The van der Waals surface area contributed by atoms with Crippen LogP contribution in [0.2, 0.25) is 5.02 Å². The maximum absolute atomic E-state index is 6.08. The van der Waals surface area contributed by atoms with E-state index in [2.05, 4.69) is 31.2 Å². The molecule has 1 aliphatic rings. The van der Waals surface area contributed by atoms with Crippen LogP contribution in [0.25, 0.3) is 28.0 Å². The maximum Gasteiger partial charge on any atom is 0.139 e. The summed E-state index contributed by atoms with van der Waals surface area (Å²) in [5.74, 6) is 0.500. The number of hydrogen-bond acceptors (Lipinski definition) is 1. The van der Waals surface area contributed by atoms with Crippen molar-refractivity contribution in [2.24, 2.45) is 0 Å². The Labute approximate surface area is 116 Å². The van der Waals surface area contributed by atoms with Crippen LogP contribution in [0.4, 0.5) is 0 Å². The van der Waals surface area contributed by atoms with Gasteiger partial charge in [-0.2, -0.15) is 0 Å². The van der Waals surface area contributed by atoms with E-state index in [9.17, 15) is 0 Å². The molecule has 1 aliphatic carbocycles. The summed E-state index contributed by atoms with van der Waals surface area (Å²) in [6.07, 6.45) is 5.50. The molecule has 0 amide bonds. The highest BCUT2D eigenvalue weighted by Crippen LogP contribution is 2.39. The van der Waals surface area contributed by atoms with Crippen molar-refractivity contribution in [2.45, 2.75) is 19.3 Å². The van der Waals surface area contributed by atoms with Crippen molar-refractivity contribution in [1.82, 2.24) is 0 Å². The molecule has 0 aliphatic heterocycles. The number of hydrogen-bond donors (Lipinski definition) is 0. The van der Waals surface area contributed by atoms with Gasteiger partial charge in [0.1, 0.15) is 11.2 Å². The average Bonchev–Trinajstić information content (AvgIpc) is 2.76. The average molecular weight is 269 g/mol. The Kier molecular flexibility index (Phi) is 2.27. The number of furan rings is 1. The normalized spacial score (nSPS) is 18.1. The molecule has 94 valence electrons. The van der Waals surface area contributed by atoms with Crippen LogP contribution in [0, 0.1) is 0 Å². The predicted octanol–water partition coefficient (Wildman–Crippen LogP) is 5.76. The summed E-state index contributed by atoms with van der Waals surface area (Å²) in [7, 11) is 0. The third kappa shape index (κ3) is 1.55. The fourth-order valence-electron chi connectivity index (χ4n) is 3.02. The van der Waals surface area contributed by atoms with Gasteiger partial charge in [-0.25, -0.2) is 0 Å². The Morgan fingerprint density at radius 1 is 1.16 bits per heavy atom. The molecule has 0 spiro atoms. The first-order valence-corrected chi connectivity index (χ1v) is 6.93. The highest BCUT2D eigenvalue weighted by molar-refractivity contribution is 6.31. The zero-order valence-electron chi connectivity index (χ0n) is 10.6. The lowest BCUT2D eigenvalue weighted by molar-refractivity contribution is 0.650. The van der Waals surface area contributed by atoms with Crippen molar-refractivity contribution in [1.29, 1.82) is 0 Å². The van der Waals surface area contributed by atoms with Crippen LogP contribution < -0.4 is 0 Å². The fraction of sp³-hybridized carbons (Fsp3) is 0.176. The summed E-state index contributed by atoms with van der Waals surface area (Å²) in [6.45, 7) is 2.25. The third-order valence-corrected chi connectivity index (χ3v) is 4.19. The monoisotopic (exact) mass is 268 g/mol. The number of fused-ring (bicyclic) bond motifs is 5. The second kappa shape index (κ2) is 3.88. The number of allylic oxidation sites excluding steroid dienone is 1. The zero-order valence-corrected chi connectivity index (χ0v) is 11.4. The van der Waals surface area contributed by atoms with Gasteiger partial charge in [0.05, 0.1) is 0 Å². The van der Waals surface area contributed by atoms with Crippen molar-refractivity contribution < 1.29 is 4.42 Å². The maximum atomic E-state index is 6.08. The molecule has 1 heterocycles. The Hall–Kier alpha value is -1.73. The minimum Gasteiger partial charge on any atom is -0.456 e. The standard InChI is InChI=1S/C17H13ClO/c1-10-3-2-4-11-5-7-14-13-8-6-12(18)9-15(13)19-17(14)16(10)11/h2,4-10H,3H2,1H3. The molecule has 1 nitrogen and oxygen atoms in total. The van der Waals surface area contributed by atoms with Crippen LogP contribution in [0.5, 0.6) is 0 Å². The van der Waals surface area contributed by atoms with Gasteiger partial charge >= 0.3 is 0 Å². The molecule has 1 unspecified atom stereocenters. The van der Waals surface area contributed by atoms with Gasteiger partial charge < -0.3 is 4.42 Å². The molecular formula is C17H13ClO.